The van der Waals surface area contributed by atoms with Crippen molar-refractivity contribution in [1.82, 2.24) is 0 Å². The number of hydrogen-bond donors (Lipinski definition) is 0. The van der Waals surface area contributed by atoms with Gasteiger partial charge in [-0.2, -0.15) is 0 Å². The molecule has 0 fully saturated rings. The van der Waals surface area contributed by atoms with Crippen LogP contribution in [0.4, 0.5) is 0 Å². The number of hydrogen-bond acceptors (Lipinski definition) is 8. The molecule has 2 aliphatic rings. The number of rotatable bonds is 6. The summed E-state index contributed by atoms with van der Waals surface area (Å²) in [4.78, 5) is 25.9. The van der Waals surface area contributed by atoms with Crippen LogP contribution in [0.25, 0.3) is 0 Å². The third-order valence-electron chi connectivity index (χ3n) is 5.01. The molecule has 2 unspecified atom stereocenters. The van der Waals surface area contributed by atoms with Crippen molar-refractivity contribution in [3.05, 3.63) is 47.5 Å². The Balaban J connectivity index is 1.80. The summed E-state index contributed by atoms with van der Waals surface area (Å²) in [5, 5.41) is 0. The number of esters is 2. The van der Waals surface area contributed by atoms with E-state index in [0.29, 0.717) is 47.3 Å². The molecule has 2 aromatic carbocycles. The summed E-state index contributed by atoms with van der Waals surface area (Å²) >= 11 is 0. The highest BCUT2D eigenvalue weighted by Crippen LogP contribution is 2.42. The Hall–Kier alpha value is -3.42. The molecule has 8 heteroatoms. The van der Waals surface area contributed by atoms with Crippen LogP contribution in [0.5, 0.6) is 23.0 Å². The van der Waals surface area contributed by atoms with Crippen molar-refractivity contribution in [3.8, 4) is 23.0 Å². The monoisotopic (exact) mass is 414 g/mol. The molecule has 2 aliphatic heterocycles. The lowest BCUT2D eigenvalue weighted by atomic mass is 9.81. The molecule has 0 amide bonds. The maximum absolute atomic E-state index is 13.0. The van der Waals surface area contributed by atoms with Crippen molar-refractivity contribution in [2.75, 3.05) is 33.7 Å². The van der Waals surface area contributed by atoms with Gasteiger partial charge in [0.25, 0.3) is 0 Å². The second kappa shape index (κ2) is 8.52. The van der Waals surface area contributed by atoms with Gasteiger partial charge in [0, 0.05) is 0 Å². The Morgan fingerprint density at radius 2 is 1.37 bits per heavy atom. The Kier molecular flexibility index (Phi) is 5.65. The molecule has 0 N–H and O–H groups in total. The summed E-state index contributed by atoms with van der Waals surface area (Å²) in [6, 6.07) is 10.3. The van der Waals surface area contributed by atoms with Gasteiger partial charge in [0.05, 0.1) is 25.6 Å². The first-order chi connectivity index (χ1) is 14.6. The number of ether oxygens (including phenoxy) is 6. The second-order valence-corrected chi connectivity index (χ2v) is 6.75. The van der Waals surface area contributed by atoms with Gasteiger partial charge in [-0.1, -0.05) is 12.1 Å². The van der Waals surface area contributed by atoms with Crippen LogP contribution in [-0.2, 0) is 19.1 Å². The summed E-state index contributed by atoms with van der Waals surface area (Å²) in [7, 11) is 1.29. The molecule has 30 heavy (non-hydrogen) atoms. The van der Waals surface area contributed by atoms with E-state index in [1.54, 1.807) is 43.3 Å². The average molecular weight is 414 g/mol. The average Bonchev–Trinajstić information content (AvgIpc) is 3.24. The van der Waals surface area contributed by atoms with Gasteiger partial charge in [-0.25, -0.2) is 0 Å². The van der Waals surface area contributed by atoms with E-state index in [9.17, 15) is 9.59 Å². The van der Waals surface area contributed by atoms with E-state index in [2.05, 4.69) is 0 Å². The Labute approximate surface area is 173 Å². The molecule has 2 aromatic rings. The van der Waals surface area contributed by atoms with Gasteiger partial charge >= 0.3 is 11.9 Å². The van der Waals surface area contributed by atoms with Crippen molar-refractivity contribution in [3.63, 3.8) is 0 Å². The zero-order chi connectivity index (χ0) is 21.1. The van der Waals surface area contributed by atoms with E-state index in [-0.39, 0.29) is 13.4 Å². The minimum atomic E-state index is -0.953. The van der Waals surface area contributed by atoms with E-state index >= 15 is 0 Å². The maximum atomic E-state index is 13.0. The normalized spacial score (nSPS) is 15.8. The minimum absolute atomic E-state index is 0.102. The lowest BCUT2D eigenvalue weighted by molar-refractivity contribution is -0.152. The van der Waals surface area contributed by atoms with E-state index in [1.807, 2.05) is 0 Å². The first kappa shape index (κ1) is 19.9. The van der Waals surface area contributed by atoms with E-state index in [1.165, 1.54) is 7.11 Å². The molecule has 0 bridgehead atoms. The molecular formula is C22H22O8. The van der Waals surface area contributed by atoms with Crippen LogP contribution in [-0.4, -0.2) is 45.7 Å². The molecule has 158 valence electrons. The van der Waals surface area contributed by atoms with Crippen LogP contribution < -0.4 is 18.9 Å². The zero-order valence-corrected chi connectivity index (χ0v) is 16.7. The fourth-order valence-electron chi connectivity index (χ4n) is 3.65. The SMILES string of the molecule is CCOC(=O)C(c1ccc2c(c1)OCCO2)C(C(=O)OC)c1ccc2c(c1)OCO2. The number of carbonyl (C=O) groups is 2. The topological polar surface area (TPSA) is 89.5 Å². The lowest BCUT2D eigenvalue weighted by Gasteiger charge is -2.26. The van der Waals surface area contributed by atoms with Crippen molar-refractivity contribution in [2.24, 2.45) is 0 Å². The highest BCUT2D eigenvalue weighted by Gasteiger charge is 2.39. The summed E-state index contributed by atoms with van der Waals surface area (Å²) in [5.41, 5.74) is 1.12. The van der Waals surface area contributed by atoms with Crippen LogP contribution in [0.15, 0.2) is 36.4 Å². The van der Waals surface area contributed by atoms with Gasteiger partial charge < -0.3 is 28.4 Å². The van der Waals surface area contributed by atoms with Gasteiger partial charge in [0.1, 0.15) is 13.2 Å². The summed E-state index contributed by atoms with van der Waals surface area (Å²) < 4.78 is 32.4. The van der Waals surface area contributed by atoms with Crippen molar-refractivity contribution < 1.29 is 38.0 Å². The molecule has 4 rings (SSSR count). The highest BCUT2D eigenvalue weighted by molar-refractivity contribution is 5.90. The summed E-state index contributed by atoms with van der Waals surface area (Å²) in [6.45, 7) is 2.85. The molecule has 8 nitrogen and oxygen atoms in total. The van der Waals surface area contributed by atoms with Crippen LogP contribution in [0, 0.1) is 0 Å². The van der Waals surface area contributed by atoms with Crippen LogP contribution in [0.3, 0.4) is 0 Å². The first-order valence-electron chi connectivity index (χ1n) is 9.66. The molecule has 0 saturated heterocycles. The molecule has 0 saturated carbocycles. The third-order valence-corrected chi connectivity index (χ3v) is 5.01. The van der Waals surface area contributed by atoms with E-state index in [4.69, 9.17) is 28.4 Å². The zero-order valence-electron chi connectivity index (χ0n) is 16.7. The van der Waals surface area contributed by atoms with E-state index < -0.39 is 23.8 Å². The molecule has 2 atom stereocenters. The number of methoxy groups -OCH3 is 1. The Morgan fingerprint density at radius 3 is 2.00 bits per heavy atom. The van der Waals surface area contributed by atoms with Gasteiger partial charge in [-0.15, -0.1) is 0 Å². The van der Waals surface area contributed by atoms with Crippen LogP contribution in [0.1, 0.15) is 29.9 Å². The number of fused-ring (bicyclic) bond motifs is 2. The first-order valence-corrected chi connectivity index (χ1v) is 9.66. The molecule has 0 spiro atoms. The highest BCUT2D eigenvalue weighted by atomic mass is 16.7. The number of benzene rings is 2. The molecule has 0 radical (unpaired) electrons. The molecule has 0 aromatic heterocycles. The predicted molar refractivity (Wildman–Crippen MR) is 104 cm³/mol. The van der Waals surface area contributed by atoms with Crippen molar-refractivity contribution >= 4 is 11.9 Å². The van der Waals surface area contributed by atoms with Crippen molar-refractivity contribution in [2.45, 2.75) is 18.8 Å². The van der Waals surface area contributed by atoms with Gasteiger partial charge in [-0.05, 0) is 42.3 Å². The Morgan fingerprint density at radius 1 is 0.833 bits per heavy atom. The second-order valence-electron chi connectivity index (χ2n) is 6.75. The van der Waals surface area contributed by atoms with Crippen molar-refractivity contribution in [1.29, 1.82) is 0 Å². The van der Waals surface area contributed by atoms with Crippen LogP contribution in [0.2, 0.25) is 0 Å². The standard InChI is InChI=1S/C22H22O8/c1-3-26-22(24)20(14-4-6-15-17(10-14)28-9-8-27-15)19(21(23)25-2)13-5-7-16-18(11-13)30-12-29-16/h4-7,10-11,19-20H,3,8-9,12H2,1-2H3. The van der Waals surface area contributed by atoms with Crippen LogP contribution >= 0.6 is 0 Å². The smallest absolute Gasteiger partial charge is 0.314 e. The van der Waals surface area contributed by atoms with Gasteiger partial charge in [-0.3, -0.25) is 9.59 Å². The lowest BCUT2D eigenvalue weighted by Crippen LogP contribution is -2.29. The number of carbonyl (C=O) groups excluding carboxylic acids is 2. The van der Waals surface area contributed by atoms with Gasteiger partial charge in [0.2, 0.25) is 6.79 Å². The molecular weight excluding hydrogens is 392 g/mol. The summed E-state index contributed by atoms with van der Waals surface area (Å²) in [6.07, 6.45) is 0. The van der Waals surface area contributed by atoms with E-state index in [0.717, 1.165) is 0 Å². The molecule has 0 aliphatic carbocycles. The maximum Gasteiger partial charge on any atom is 0.314 e. The third kappa shape index (κ3) is 3.72. The fourth-order valence-corrected chi connectivity index (χ4v) is 3.65. The minimum Gasteiger partial charge on any atom is -0.486 e. The van der Waals surface area contributed by atoms with Gasteiger partial charge in [0.15, 0.2) is 23.0 Å². The largest absolute Gasteiger partial charge is 0.486 e. The Bertz CT molecular complexity index is 954. The summed E-state index contributed by atoms with van der Waals surface area (Å²) in [5.74, 6) is -0.822. The molecule has 2 heterocycles. The quantitative estimate of drug-likeness (QED) is 0.667. The predicted octanol–water partition coefficient (Wildman–Crippen LogP) is 2.79. The fraction of sp³-hybridized carbons (Fsp3) is 0.364.